The Balaban J connectivity index is 1.51. The third-order valence-electron chi connectivity index (χ3n) is 7.49. The molecule has 2 aromatic heterocycles. The predicted molar refractivity (Wildman–Crippen MR) is 150 cm³/mol. The average Bonchev–Trinajstić information content (AvgIpc) is 2.96. The Morgan fingerprint density at radius 1 is 0.850 bits per heavy atom. The van der Waals surface area contributed by atoms with Crippen molar-refractivity contribution in [2.45, 2.75) is 32.6 Å². The zero-order valence-electron chi connectivity index (χ0n) is 22.3. The van der Waals surface area contributed by atoms with E-state index in [0.29, 0.717) is 37.6 Å². The maximum atomic E-state index is 14.6. The summed E-state index contributed by atoms with van der Waals surface area (Å²) < 4.78 is 31.6. The highest BCUT2D eigenvalue weighted by Gasteiger charge is 2.26. The smallest absolute Gasteiger partial charge is 0.331 e. The largest absolute Gasteiger partial charge is 0.363 e. The van der Waals surface area contributed by atoms with Crippen molar-refractivity contribution < 1.29 is 8.78 Å². The van der Waals surface area contributed by atoms with Gasteiger partial charge >= 0.3 is 5.69 Å². The van der Waals surface area contributed by atoms with Crippen molar-refractivity contribution in [1.82, 2.24) is 19.0 Å². The second-order valence-electron chi connectivity index (χ2n) is 10.1. The number of aromatic nitrogens is 3. The number of benzene rings is 2. The molecule has 2 N–H and O–H groups in total. The summed E-state index contributed by atoms with van der Waals surface area (Å²) in [6.45, 7) is 4.50. The highest BCUT2D eigenvalue weighted by Crippen LogP contribution is 2.21. The van der Waals surface area contributed by atoms with Crippen molar-refractivity contribution in [2.75, 3.05) is 31.1 Å². The Kier molecular flexibility index (Phi) is 8.18. The van der Waals surface area contributed by atoms with E-state index in [1.54, 1.807) is 19.3 Å². The van der Waals surface area contributed by atoms with Crippen molar-refractivity contribution in [2.24, 2.45) is 5.73 Å². The first-order valence-corrected chi connectivity index (χ1v) is 13.3. The molecule has 5 rings (SSSR count). The molecule has 0 radical (unpaired) electrons. The van der Waals surface area contributed by atoms with Crippen LogP contribution in [-0.4, -0.2) is 45.2 Å². The van der Waals surface area contributed by atoms with Crippen LogP contribution in [0.2, 0.25) is 0 Å². The van der Waals surface area contributed by atoms with Crippen molar-refractivity contribution in [3.63, 3.8) is 0 Å². The van der Waals surface area contributed by atoms with E-state index < -0.39 is 28.9 Å². The van der Waals surface area contributed by atoms with Crippen LogP contribution in [0.5, 0.6) is 0 Å². The summed E-state index contributed by atoms with van der Waals surface area (Å²) in [4.78, 5) is 35.9. The van der Waals surface area contributed by atoms with Gasteiger partial charge in [0.1, 0.15) is 17.3 Å². The zero-order valence-corrected chi connectivity index (χ0v) is 22.3. The first kappa shape index (κ1) is 27.4. The van der Waals surface area contributed by atoms with Gasteiger partial charge in [0.05, 0.1) is 13.1 Å². The first-order valence-electron chi connectivity index (χ1n) is 13.3. The fourth-order valence-electron chi connectivity index (χ4n) is 5.22. The molecule has 8 nitrogen and oxygen atoms in total. The average molecular weight is 547 g/mol. The molecule has 2 aromatic carbocycles. The highest BCUT2D eigenvalue weighted by molar-refractivity contribution is 5.50. The lowest BCUT2D eigenvalue weighted by atomic mass is 10.1. The fraction of sp³-hybridized carbons (Fsp3) is 0.300. The zero-order chi connectivity index (χ0) is 28.2. The molecule has 0 saturated carbocycles. The molecule has 0 bridgehead atoms. The van der Waals surface area contributed by atoms with E-state index in [9.17, 15) is 18.4 Å². The van der Waals surface area contributed by atoms with Crippen LogP contribution in [0.15, 0.2) is 82.6 Å². The Bertz CT molecular complexity index is 1560. The topological polar surface area (TPSA) is 89.4 Å². The van der Waals surface area contributed by atoms with Crippen LogP contribution in [0.25, 0.3) is 0 Å². The molecule has 40 heavy (non-hydrogen) atoms. The molecular formula is C30H32F2N6O2. The Labute approximate surface area is 230 Å². The van der Waals surface area contributed by atoms with Gasteiger partial charge in [-0.25, -0.2) is 13.6 Å². The van der Waals surface area contributed by atoms with Crippen LogP contribution in [-0.2, 0) is 19.6 Å². The van der Waals surface area contributed by atoms with Crippen molar-refractivity contribution in [1.29, 1.82) is 0 Å². The van der Waals surface area contributed by atoms with Gasteiger partial charge in [-0.3, -0.25) is 23.8 Å². The fourth-order valence-corrected chi connectivity index (χ4v) is 5.22. The number of hydrogen-bond donors (Lipinski definition) is 1. The second kappa shape index (κ2) is 11.9. The van der Waals surface area contributed by atoms with E-state index in [2.05, 4.69) is 9.88 Å². The lowest BCUT2D eigenvalue weighted by Crippen LogP contribution is -2.51. The molecule has 1 aliphatic heterocycles. The van der Waals surface area contributed by atoms with Gasteiger partial charge in [-0.05, 0) is 42.3 Å². The number of rotatable bonds is 8. The van der Waals surface area contributed by atoms with E-state index in [1.807, 2.05) is 47.4 Å². The molecule has 208 valence electrons. The van der Waals surface area contributed by atoms with E-state index in [0.717, 1.165) is 34.4 Å². The third kappa shape index (κ3) is 5.73. The van der Waals surface area contributed by atoms with Gasteiger partial charge in [0, 0.05) is 62.4 Å². The maximum Gasteiger partial charge on any atom is 0.331 e. The van der Waals surface area contributed by atoms with Gasteiger partial charge in [-0.15, -0.1) is 0 Å². The SMILES string of the molecule is Cc1c(N2CCN(Cc3ccncc3)CC2)c(=O)n(C[C@H](N)c2ccccc2)c(=O)n1Cc1c(F)cccc1F. The van der Waals surface area contributed by atoms with Crippen LogP contribution in [0.3, 0.4) is 0 Å². The third-order valence-corrected chi connectivity index (χ3v) is 7.49. The van der Waals surface area contributed by atoms with Gasteiger partial charge in [0.15, 0.2) is 0 Å². The molecule has 3 heterocycles. The normalized spacial score (nSPS) is 14.8. The molecule has 1 saturated heterocycles. The minimum atomic E-state index is -0.753. The van der Waals surface area contributed by atoms with E-state index in [-0.39, 0.29) is 18.7 Å². The van der Waals surface area contributed by atoms with Crippen molar-refractivity contribution >= 4 is 5.69 Å². The summed E-state index contributed by atoms with van der Waals surface area (Å²) in [5.41, 5.74) is 7.70. The summed E-state index contributed by atoms with van der Waals surface area (Å²) in [6.07, 6.45) is 3.53. The molecule has 0 unspecified atom stereocenters. The first-order chi connectivity index (χ1) is 19.3. The van der Waals surface area contributed by atoms with E-state index >= 15 is 0 Å². The van der Waals surface area contributed by atoms with Gasteiger partial charge in [0.2, 0.25) is 0 Å². The van der Waals surface area contributed by atoms with Crippen molar-refractivity contribution in [3.05, 3.63) is 128 Å². The van der Waals surface area contributed by atoms with Gasteiger partial charge in [-0.1, -0.05) is 36.4 Å². The molecule has 0 spiro atoms. The molecular weight excluding hydrogens is 514 g/mol. The summed E-state index contributed by atoms with van der Waals surface area (Å²) in [6, 6.07) is 16.1. The second-order valence-corrected chi connectivity index (χ2v) is 10.1. The van der Waals surface area contributed by atoms with Crippen LogP contribution >= 0.6 is 0 Å². The maximum absolute atomic E-state index is 14.6. The van der Waals surface area contributed by atoms with Crippen LogP contribution in [0.1, 0.15) is 28.4 Å². The van der Waals surface area contributed by atoms with Crippen LogP contribution in [0.4, 0.5) is 14.5 Å². The number of halogens is 2. The Hall–Kier alpha value is -4.15. The minimum Gasteiger partial charge on any atom is -0.363 e. The standard InChI is InChI=1S/C30H32F2N6O2/c1-21-28(36-16-14-35(15-17-36)18-22-10-12-34-13-11-22)29(39)38(20-27(33)23-6-3-2-4-7-23)30(40)37(21)19-24-25(31)8-5-9-26(24)32/h2-13,27H,14-20,33H2,1H3/t27-/m0/s1. The van der Waals surface area contributed by atoms with Gasteiger partial charge < -0.3 is 10.6 Å². The van der Waals surface area contributed by atoms with Crippen molar-refractivity contribution in [3.8, 4) is 0 Å². The predicted octanol–water partition coefficient (Wildman–Crippen LogP) is 3.06. The minimum absolute atomic E-state index is 0.0727. The van der Waals surface area contributed by atoms with E-state index in [4.69, 9.17) is 5.73 Å². The summed E-state index contributed by atoms with van der Waals surface area (Å²) in [7, 11) is 0. The van der Waals surface area contributed by atoms with Crippen LogP contribution < -0.4 is 21.9 Å². The molecule has 10 heteroatoms. The molecule has 4 aromatic rings. The van der Waals surface area contributed by atoms with Gasteiger partial charge in [-0.2, -0.15) is 0 Å². The molecule has 1 atom stereocenters. The summed E-state index contributed by atoms with van der Waals surface area (Å²) >= 11 is 0. The number of hydrogen-bond acceptors (Lipinski definition) is 6. The number of pyridine rings is 1. The number of piperazine rings is 1. The number of anilines is 1. The summed E-state index contributed by atoms with van der Waals surface area (Å²) in [5, 5.41) is 0. The molecule has 0 aliphatic carbocycles. The monoisotopic (exact) mass is 546 g/mol. The van der Waals surface area contributed by atoms with Crippen LogP contribution in [0, 0.1) is 18.6 Å². The number of nitrogens with zero attached hydrogens (tertiary/aromatic N) is 5. The van der Waals surface area contributed by atoms with E-state index in [1.165, 1.54) is 10.6 Å². The lowest BCUT2D eigenvalue weighted by molar-refractivity contribution is 0.249. The van der Waals surface area contributed by atoms with Gasteiger partial charge in [0.25, 0.3) is 5.56 Å². The summed E-state index contributed by atoms with van der Waals surface area (Å²) in [5.74, 6) is -1.51. The highest BCUT2D eigenvalue weighted by atomic mass is 19.1. The Morgan fingerprint density at radius 3 is 2.15 bits per heavy atom. The molecule has 1 aliphatic rings. The Morgan fingerprint density at radius 2 is 1.50 bits per heavy atom. The molecule has 0 amide bonds. The quantitative estimate of drug-likeness (QED) is 0.366. The lowest BCUT2D eigenvalue weighted by Gasteiger charge is -2.37. The number of nitrogens with two attached hydrogens (primary N) is 1. The molecule has 1 fully saturated rings.